The lowest BCUT2D eigenvalue weighted by atomic mass is 9.85. The highest BCUT2D eigenvalue weighted by Crippen LogP contribution is 2.35. The normalized spacial score (nSPS) is 21.2. The third-order valence-corrected chi connectivity index (χ3v) is 6.78. The van der Waals surface area contributed by atoms with E-state index >= 15 is 0 Å². The number of aromatic nitrogens is 2. The zero-order valence-corrected chi connectivity index (χ0v) is 14.5. The van der Waals surface area contributed by atoms with E-state index in [0.717, 1.165) is 29.7 Å². The molecule has 0 saturated heterocycles. The maximum atomic E-state index is 13.8. The Morgan fingerprint density at radius 2 is 2.16 bits per heavy atom. The highest BCUT2D eigenvalue weighted by Gasteiger charge is 2.29. The van der Waals surface area contributed by atoms with E-state index in [1.807, 2.05) is 12.1 Å². The highest BCUT2D eigenvalue weighted by molar-refractivity contribution is 7.92. The Morgan fingerprint density at radius 1 is 1.32 bits per heavy atom. The lowest BCUT2D eigenvalue weighted by molar-refractivity contribution is 0.405. The van der Waals surface area contributed by atoms with Crippen molar-refractivity contribution in [2.75, 3.05) is 11.2 Å². The van der Waals surface area contributed by atoms with E-state index < -0.39 is 20.9 Å². The van der Waals surface area contributed by atoms with Crippen LogP contribution in [0.25, 0.3) is 11.0 Å². The molecule has 4 rings (SSSR count). The highest BCUT2D eigenvalue weighted by atomic mass is 32.2. The Bertz CT molecular complexity index is 958. The first-order valence-electron chi connectivity index (χ1n) is 8.50. The number of aromatic amines is 1. The van der Waals surface area contributed by atoms with Crippen molar-refractivity contribution in [2.45, 2.75) is 36.9 Å². The number of allylic oxidation sites excluding steroid dienone is 3. The summed E-state index contributed by atoms with van der Waals surface area (Å²) in [7, 11) is -3.62. The Hall–Kier alpha value is -2.15. The lowest BCUT2D eigenvalue weighted by Gasteiger charge is -2.22. The van der Waals surface area contributed by atoms with Gasteiger partial charge in [0.25, 0.3) is 0 Å². The topological polar surface area (TPSA) is 74.8 Å². The molecular weight excluding hydrogens is 341 g/mol. The summed E-state index contributed by atoms with van der Waals surface area (Å²) in [6, 6.07) is 5.52. The number of halogens is 1. The number of sulfone groups is 1. The Labute approximate surface area is 146 Å². The predicted molar refractivity (Wildman–Crippen MR) is 96.8 cm³/mol. The van der Waals surface area contributed by atoms with Crippen LogP contribution in [0.1, 0.15) is 37.4 Å². The van der Waals surface area contributed by atoms with Gasteiger partial charge in [-0.1, -0.05) is 18.6 Å². The van der Waals surface area contributed by atoms with Gasteiger partial charge >= 0.3 is 0 Å². The number of hydrogen-bond donors (Lipinski definition) is 2. The zero-order valence-electron chi connectivity index (χ0n) is 13.7. The lowest BCUT2D eigenvalue weighted by Crippen LogP contribution is -2.28. The van der Waals surface area contributed by atoms with Gasteiger partial charge in [0.1, 0.15) is 22.8 Å². The second kappa shape index (κ2) is 6.29. The van der Waals surface area contributed by atoms with Crippen molar-refractivity contribution in [3.63, 3.8) is 0 Å². The molecule has 1 saturated carbocycles. The SMILES string of the molecule is O=S(=O)(CNc1ccc2nc(C3CCC3)[nH]c2c1)[C@H]1CC=CC=C1F. The molecule has 1 aromatic carbocycles. The molecule has 2 aliphatic carbocycles. The van der Waals surface area contributed by atoms with Gasteiger partial charge in [-0.25, -0.2) is 17.8 Å². The second-order valence-electron chi connectivity index (χ2n) is 6.67. The van der Waals surface area contributed by atoms with Crippen LogP contribution in [0.5, 0.6) is 0 Å². The molecule has 2 aromatic rings. The molecule has 1 fully saturated rings. The quantitative estimate of drug-likeness (QED) is 0.849. The fourth-order valence-electron chi connectivity index (χ4n) is 3.20. The van der Waals surface area contributed by atoms with Gasteiger partial charge < -0.3 is 10.3 Å². The van der Waals surface area contributed by atoms with Gasteiger partial charge in [-0.15, -0.1) is 0 Å². The predicted octanol–water partition coefficient (Wildman–Crippen LogP) is 3.80. The Kier molecular flexibility index (Phi) is 4.11. The maximum Gasteiger partial charge on any atom is 0.177 e. The number of H-pyrrole nitrogens is 1. The summed E-state index contributed by atoms with van der Waals surface area (Å²) in [5.41, 5.74) is 2.44. The van der Waals surface area contributed by atoms with Crippen LogP contribution in [0.2, 0.25) is 0 Å². The van der Waals surface area contributed by atoms with Gasteiger partial charge in [0.05, 0.1) is 11.0 Å². The largest absolute Gasteiger partial charge is 0.371 e. The molecule has 2 N–H and O–H groups in total. The van der Waals surface area contributed by atoms with Crippen molar-refractivity contribution in [2.24, 2.45) is 0 Å². The van der Waals surface area contributed by atoms with Crippen LogP contribution in [0.15, 0.2) is 42.3 Å². The van der Waals surface area contributed by atoms with Crippen molar-refractivity contribution < 1.29 is 12.8 Å². The molecule has 0 spiro atoms. The average Bonchev–Trinajstić information content (AvgIpc) is 2.94. The van der Waals surface area contributed by atoms with Gasteiger partial charge in [0.15, 0.2) is 9.84 Å². The van der Waals surface area contributed by atoms with Gasteiger partial charge in [-0.2, -0.15) is 0 Å². The van der Waals surface area contributed by atoms with Gasteiger partial charge in [-0.3, -0.25) is 0 Å². The van der Waals surface area contributed by atoms with Crippen molar-refractivity contribution in [1.29, 1.82) is 0 Å². The molecule has 1 atom stereocenters. The van der Waals surface area contributed by atoms with Gasteiger partial charge in [0.2, 0.25) is 0 Å². The van der Waals surface area contributed by atoms with Crippen molar-refractivity contribution in [3.05, 3.63) is 48.1 Å². The minimum atomic E-state index is -3.62. The van der Waals surface area contributed by atoms with Crippen LogP contribution in [0.3, 0.4) is 0 Å². The molecule has 0 unspecified atom stereocenters. The van der Waals surface area contributed by atoms with E-state index in [0.29, 0.717) is 11.6 Å². The number of anilines is 1. The van der Waals surface area contributed by atoms with E-state index in [-0.39, 0.29) is 12.3 Å². The molecule has 0 amide bonds. The number of imidazole rings is 1. The molecule has 5 nitrogen and oxygen atoms in total. The number of hydrogen-bond acceptors (Lipinski definition) is 4. The van der Waals surface area contributed by atoms with E-state index in [1.165, 1.54) is 12.5 Å². The molecule has 0 radical (unpaired) electrons. The van der Waals surface area contributed by atoms with Crippen LogP contribution in [-0.2, 0) is 9.84 Å². The minimum absolute atomic E-state index is 0.177. The summed E-state index contributed by atoms with van der Waals surface area (Å²) >= 11 is 0. The molecule has 7 heteroatoms. The second-order valence-corrected chi connectivity index (χ2v) is 8.85. The number of nitrogens with zero attached hydrogens (tertiary/aromatic N) is 1. The van der Waals surface area contributed by atoms with Crippen LogP contribution in [-0.4, -0.2) is 29.5 Å². The Morgan fingerprint density at radius 3 is 2.88 bits per heavy atom. The smallest absolute Gasteiger partial charge is 0.177 e. The molecule has 2 aliphatic rings. The molecule has 0 aliphatic heterocycles. The first kappa shape index (κ1) is 16.3. The van der Waals surface area contributed by atoms with Crippen molar-refractivity contribution in [3.8, 4) is 0 Å². The summed E-state index contributed by atoms with van der Waals surface area (Å²) in [5, 5.41) is 1.82. The van der Waals surface area contributed by atoms with E-state index in [9.17, 15) is 12.8 Å². The molecule has 132 valence electrons. The molecule has 25 heavy (non-hydrogen) atoms. The first-order chi connectivity index (χ1) is 12.0. The minimum Gasteiger partial charge on any atom is -0.371 e. The molecule has 1 aromatic heterocycles. The monoisotopic (exact) mass is 361 g/mol. The standard InChI is InChI=1S/C18H20FN3O2S/c19-14-6-1-2-7-17(14)25(23,24)11-20-13-8-9-15-16(10-13)22-18(21-15)12-4-3-5-12/h1-2,6,8-10,12,17,20H,3-5,7,11H2,(H,21,22)/t17-/m0/s1. The van der Waals surface area contributed by atoms with Crippen LogP contribution < -0.4 is 5.32 Å². The van der Waals surface area contributed by atoms with E-state index in [4.69, 9.17) is 0 Å². The number of rotatable bonds is 5. The number of fused-ring (bicyclic) bond motifs is 1. The molecule has 1 heterocycles. The molecule has 0 bridgehead atoms. The van der Waals surface area contributed by atoms with Crippen LogP contribution >= 0.6 is 0 Å². The summed E-state index contributed by atoms with van der Waals surface area (Å²) < 4.78 is 38.5. The van der Waals surface area contributed by atoms with Crippen LogP contribution in [0, 0.1) is 0 Å². The maximum absolute atomic E-state index is 13.8. The first-order valence-corrected chi connectivity index (χ1v) is 10.2. The summed E-state index contributed by atoms with van der Waals surface area (Å²) in [6.07, 6.45) is 8.18. The van der Waals surface area contributed by atoms with E-state index in [2.05, 4.69) is 15.3 Å². The van der Waals surface area contributed by atoms with Crippen molar-refractivity contribution in [1.82, 2.24) is 9.97 Å². The number of nitrogens with one attached hydrogen (secondary N) is 2. The van der Waals surface area contributed by atoms with Crippen LogP contribution in [0.4, 0.5) is 10.1 Å². The van der Waals surface area contributed by atoms with Crippen molar-refractivity contribution >= 4 is 26.6 Å². The zero-order chi connectivity index (χ0) is 17.4. The Balaban J connectivity index is 1.48. The van der Waals surface area contributed by atoms with E-state index in [1.54, 1.807) is 18.2 Å². The summed E-state index contributed by atoms with van der Waals surface area (Å²) in [5.74, 6) is 0.617. The van der Waals surface area contributed by atoms with Gasteiger partial charge in [0, 0.05) is 11.6 Å². The fourth-order valence-corrected chi connectivity index (χ4v) is 4.59. The summed E-state index contributed by atoms with van der Waals surface area (Å²) in [6.45, 7) is 0. The number of benzene rings is 1. The summed E-state index contributed by atoms with van der Waals surface area (Å²) in [4.78, 5) is 7.93. The fraction of sp³-hybridized carbons (Fsp3) is 0.389. The third kappa shape index (κ3) is 3.20. The molecular formula is C18H20FN3O2S. The third-order valence-electron chi connectivity index (χ3n) is 4.95. The average molecular weight is 361 g/mol. The van der Waals surface area contributed by atoms with Gasteiger partial charge in [-0.05, 0) is 43.5 Å².